The molecule has 3 nitrogen and oxygen atoms in total. The van der Waals surface area contributed by atoms with Crippen molar-refractivity contribution >= 4 is 15.9 Å². The van der Waals surface area contributed by atoms with Crippen molar-refractivity contribution in [3.63, 3.8) is 0 Å². The summed E-state index contributed by atoms with van der Waals surface area (Å²) in [7, 11) is 0. The molecule has 0 aliphatic rings. The molecule has 1 N–H and O–H groups in total. The van der Waals surface area contributed by atoms with Crippen LogP contribution in [0.25, 0.3) is 11.5 Å². The first kappa shape index (κ1) is 8.31. The van der Waals surface area contributed by atoms with E-state index in [1.165, 1.54) is 0 Å². The first-order chi connectivity index (χ1) is 6.25. The number of phenols is 1. The van der Waals surface area contributed by atoms with Crippen molar-refractivity contribution in [3.8, 4) is 17.2 Å². The lowest BCUT2D eigenvalue weighted by molar-refractivity contribution is 0.475. The van der Waals surface area contributed by atoms with Crippen LogP contribution in [0.5, 0.6) is 5.75 Å². The molecule has 0 fully saturated rings. The molecule has 1 aromatic heterocycles. The smallest absolute Gasteiger partial charge is 0.227 e. The molecule has 1 heterocycles. The van der Waals surface area contributed by atoms with Crippen molar-refractivity contribution in [2.75, 3.05) is 0 Å². The van der Waals surface area contributed by atoms with E-state index in [4.69, 9.17) is 4.42 Å². The van der Waals surface area contributed by atoms with Crippen LogP contribution >= 0.6 is 15.9 Å². The van der Waals surface area contributed by atoms with Crippen molar-refractivity contribution in [2.24, 2.45) is 0 Å². The third-order valence-corrected chi connectivity index (χ3v) is 1.94. The first-order valence-electron chi connectivity index (χ1n) is 3.66. The number of aromatic hydroxyl groups is 1. The summed E-state index contributed by atoms with van der Waals surface area (Å²) in [5.41, 5.74) is 0.755. The van der Waals surface area contributed by atoms with E-state index in [0.29, 0.717) is 10.6 Å². The lowest BCUT2D eigenvalue weighted by Gasteiger charge is -1.95. The van der Waals surface area contributed by atoms with Gasteiger partial charge in [-0.05, 0) is 34.1 Å². The molecule has 2 rings (SSSR count). The Bertz CT molecular complexity index is 425. The number of benzene rings is 1. The summed E-state index contributed by atoms with van der Waals surface area (Å²) in [5.74, 6) is 0.689. The van der Waals surface area contributed by atoms with Gasteiger partial charge in [0, 0.05) is 5.56 Å². The van der Waals surface area contributed by atoms with Gasteiger partial charge in [-0.2, -0.15) is 0 Å². The molecule has 0 unspecified atom stereocenters. The first-order valence-corrected chi connectivity index (χ1v) is 4.46. The molecule has 0 amide bonds. The van der Waals surface area contributed by atoms with E-state index in [2.05, 4.69) is 20.9 Å². The van der Waals surface area contributed by atoms with Crippen LogP contribution in [0.2, 0.25) is 0 Å². The molecule has 0 saturated carbocycles. The predicted molar refractivity (Wildman–Crippen MR) is 51.3 cm³/mol. The van der Waals surface area contributed by atoms with Crippen LogP contribution in [0.4, 0.5) is 0 Å². The number of rotatable bonds is 1. The van der Waals surface area contributed by atoms with Crippen LogP contribution in [-0.2, 0) is 0 Å². The molecule has 1 aromatic carbocycles. The second-order valence-corrected chi connectivity index (χ2v) is 3.30. The predicted octanol–water partition coefficient (Wildman–Crippen LogP) is 2.81. The molecule has 0 atom stereocenters. The number of phenolic OH excluding ortho intramolecular Hbond substituents is 1. The Hall–Kier alpha value is -1.29. The summed E-state index contributed by atoms with van der Waals surface area (Å²) in [5, 5.41) is 9.20. The van der Waals surface area contributed by atoms with E-state index in [1.54, 1.807) is 24.4 Å². The van der Waals surface area contributed by atoms with Crippen LogP contribution in [0, 0.1) is 0 Å². The number of hydrogen-bond donors (Lipinski definition) is 1. The van der Waals surface area contributed by atoms with Crippen molar-refractivity contribution in [2.45, 2.75) is 0 Å². The maximum Gasteiger partial charge on any atom is 0.227 e. The van der Waals surface area contributed by atoms with E-state index in [-0.39, 0.29) is 5.75 Å². The fraction of sp³-hybridized carbons (Fsp3) is 0. The average Bonchev–Trinajstić information content (AvgIpc) is 2.52. The molecular weight excluding hydrogens is 234 g/mol. The van der Waals surface area contributed by atoms with Gasteiger partial charge in [0.05, 0.1) is 6.20 Å². The number of aromatic nitrogens is 1. The highest BCUT2D eigenvalue weighted by molar-refractivity contribution is 9.10. The molecule has 0 saturated heterocycles. The Balaban J connectivity index is 2.46. The molecule has 0 radical (unpaired) electrons. The summed E-state index contributed by atoms with van der Waals surface area (Å²) in [6, 6.07) is 6.75. The van der Waals surface area contributed by atoms with Gasteiger partial charge in [0.2, 0.25) is 5.89 Å². The molecular formula is C9H6BrNO2. The van der Waals surface area contributed by atoms with Crippen LogP contribution in [0.1, 0.15) is 0 Å². The Kier molecular flexibility index (Phi) is 2.06. The summed E-state index contributed by atoms with van der Waals surface area (Å²) in [6.45, 7) is 0. The van der Waals surface area contributed by atoms with Crippen molar-refractivity contribution < 1.29 is 9.52 Å². The van der Waals surface area contributed by atoms with E-state index >= 15 is 0 Å². The third-order valence-electron chi connectivity index (χ3n) is 1.57. The molecule has 0 spiro atoms. The summed E-state index contributed by atoms with van der Waals surface area (Å²) in [4.78, 5) is 4.00. The van der Waals surface area contributed by atoms with Gasteiger partial charge in [-0.25, -0.2) is 4.98 Å². The largest absolute Gasteiger partial charge is 0.508 e. The van der Waals surface area contributed by atoms with Gasteiger partial charge in [0.25, 0.3) is 0 Å². The monoisotopic (exact) mass is 239 g/mol. The lowest BCUT2D eigenvalue weighted by atomic mass is 10.2. The number of oxazole rings is 1. The Morgan fingerprint density at radius 1 is 1.38 bits per heavy atom. The fourth-order valence-corrected chi connectivity index (χ4v) is 1.28. The topological polar surface area (TPSA) is 46.3 Å². The Labute approximate surface area is 83.2 Å². The van der Waals surface area contributed by atoms with Gasteiger partial charge in [-0.1, -0.05) is 6.07 Å². The van der Waals surface area contributed by atoms with Crippen molar-refractivity contribution in [1.29, 1.82) is 0 Å². The third kappa shape index (κ3) is 1.72. The summed E-state index contributed by atoms with van der Waals surface area (Å²) >= 11 is 3.16. The molecule has 2 aromatic rings. The van der Waals surface area contributed by atoms with E-state index in [9.17, 15) is 5.11 Å². The van der Waals surface area contributed by atoms with Gasteiger partial charge < -0.3 is 9.52 Å². The van der Waals surface area contributed by atoms with Gasteiger partial charge in [-0.3, -0.25) is 0 Å². The minimum Gasteiger partial charge on any atom is -0.508 e. The highest BCUT2D eigenvalue weighted by Gasteiger charge is 2.04. The number of halogens is 1. The van der Waals surface area contributed by atoms with E-state index < -0.39 is 0 Å². The summed E-state index contributed by atoms with van der Waals surface area (Å²) < 4.78 is 5.79. The number of nitrogens with zero attached hydrogens (tertiary/aromatic N) is 1. The fourth-order valence-electron chi connectivity index (χ4n) is 1.03. The highest BCUT2D eigenvalue weighted by atomic mass is 79.9. The Morgan fingerprint density at radius 3 is 2.85 bits per heavy atom. The number of hydrogen-bond acceptors (Lipinski definition) is 3. The second-order valence-electron chi connectivity index (χ2n) is 2.52. The van der Waals surface area contributed by atoms with Crippen LogP contribution < -0.4 is 0 Å². The Morgan fingerprint density at radius 2 is 2.23 bits per heavy atom. The maximum absolute atomic E-state index is 9.20. The minimum atomic E-state index is 0.201. The second kappa shape index (κ2) is 3.22. The molecule has 4 heteroatoms. The SMILES string of the molecule is Oc1cccc(-c2ncc(Br)o2)c1. The lowest BCUT2D eigenvalue weighted by Crippen LogP contribution is -1.75. The van der Waals surface area contributed by atoms with Gasteiger partial charge in [0.1, 0.15) is 5.75 Å². The highest BCUT2D eigenvalue weighted by Crippen LogP contribution is 2.24. The van der Waals surface area contributed by atoms with Gasteiger partial charge in [-0.15, -0.1) is 0 Å². The summed E-state index contributed by atoms with van der Waals surface area (Å²) in [6.07, 6.45) is 1.57. The molecule has 0 aliphatic heterocycles. The molecule has 0 bridgehead atoms. The molecule has 0 aliphatic carbocycles. The van der Waals surface area contributed by atoms with Crippen molar-refractivity contribution in [3.05, 3.63) is 35.1 Å². The minimum absolute atomic E-state index is 0.201. The van der Waals surface area contributed by atoms with E-state index in [0.717, 1.165) is 5.56 Å². The standard InChI is InChI=1S/C9H6BrNO2/c10-8-5-11-9(13-8)6-2-1-3-7(12)4-6/h1-5,12H. The zero-order valence-electron chi connectivity index (χ0n) is 6.57. The molecule has 13 heavy (non-hydrogen) atoms. The van der Waals surface area contributed by atoms with E-state index in [1.807, 2.05) is 6.07 Å². The average molecular weight is 240 g/mol. The van der Waals surface area contributed by atoms with Gasteiger partial charge in [0.15, 0.2) is 4.67 Å². The van der Waals surface area contributed by atoms with Gasteiger partial charge >= 0.3 is 0 Å². The quantitative estimate of drug-likeness (QED) is 0.833. The van der Waals surface area contributed by atoms with Crippen LogP contribution in [0.15, 0.2) is 39.5 Å². The molecule has 66 valence electrons. The maximum atomic E-state index is 9.20. The zero-order valence-corrected chi connectivity index (χ0v) is 8.15. The van der Waals surface area contributed by atoms with Crippen LogP contribution in [-0.4, -0.2) is 10.1 Å². The van der Waals surface area contributed by atoms with Crippen molar-refractivity contribution in [1.82, 2.24) is 4.98 Å². The normalized spacial score (nSPS) is 10.2. The van der Waals surface area contributed by atoms with Crippen LogP contribution in [0.3, 0.4) is 0 Å². The zero-order chi connectivity index (χ0) is 9.26.